The van der Waals surface area contributed by atoms with E-state index in [1.165, 1.54) is 0 Å². The van der Waals surface area contributed by atoms with Gasteiger partial charge in [-0.2, -0.15) is 0 Å². The van der Waals surface area contributed by atoms with Crippen LogP contribution in [0.4, 0.5) is 0 Å². The molecule has 0 aliphatic rings. The molecule has 0 aromatic rings. The molecule has 0 atom stereocenters. The molecule has 1 radical (unpaired) electrons. The molecule has 0 N–H and O–H groups in total. The summed E-state index contributed by atoms with van der Waals surface area (Å²) in [5.41, 5.74) is 0. The van der Waals surface area contributed by atoms with Crippen molar-refractivity contribution in [1.29, 1.82) is 0 Å². The van der Waals surface area contributed by atoms with Gasteiger partial charge in [0, 0.05) is 22.4 Å². The van der Waals surface area contributed by atoms with Gasteiger partial charge in [-0.25, -0.2) is 0 Å². The molecule has 0 saturated heterocycles. The molecule has 0 aromatic carbocycles. The summed E-state index contributed by atoms with van der Waals surface area (Å²) in [6.45, 7) is 0. The average Bonchev–Trinajstić information content (AvgIpc) is 0.811. The third-order valence-corrected chi connectivity index (χ3v) is 0. The Labute approximate surface area is 44.9 Å². The summed E-state index contributed by atoms with van der Waals surface area (Å²) in [5, 5.41) is 14.8. The smallest absolute Gasteiger partial charge is 0.356 e. The second kappa shape index (κ2) is 3.94. The van der Waals surface area contributed by atoms with E-state index in [1.807, 2.05) is 0 Å². The summed E-state index contributed by atoms with van der Waals surface area (Å²) in [6, 6.07) is 0. The maximum absolute atomic E-state index is 8.25. The maximum atomic E-state index is 8.25. The second-order valence-electron chi connectivity index (χ2n) is 0.224. The van der Waals surface area contributed by atoms with Gasteiger partial charge in [0.05, 0.1) is 5.09 Å². The monoisotopic (exact) mass is 260 g/mol. The van der Waals surface area contributed by atoms with E-state index < -0.39 is 5.09 Å². The predicted molar refractivity (Wildman–Crippen MR) is 11.5 cm³/mol. The van der Waals surface area contributed by atoms with Crippen LogP contribution in [0.5, 0.6) is 0 Å². The number of hydrogen-bond donors (Lipinski definition) is 0. The van der Waals surface area contributed by atoms with Gasteiger partial charge in [0.25, 0.3) is 0 Å². The minimum Gasteiger partial charge on any atom is -0.356 e. The molecular formula is HAuNO3. The maximum Gasteiger partial charge on any atom is 1.00 e. The van der Waals surface area contributed by atoms with E-state index in [2.05, 4.69) is 0 Å². The molecule has 0 aliphatic heterocycles. The van der Waals surface area contributed by atoms with Crippen LogP contribution in [-0.2, 0) is 22.4 Å². The van der Waals surface area contributed by atoms with Gasteiger partial charge in [-0.3, -0.25) is 0 Å². The van der Waals surface area contributed by atoms with Gasteiger partial charge in [0.15, 0.2) is 0 Å². The first-order valence-corrected chi connectivity index (χ1v) is 0.548. The first-order chi connectivity index (χ1) is 1.73. The molecule has 0 heterocycles. The molecule has 0 spiro atoms. The third-order valence-electron chi connectivity index (χ3n) is 0. The van der Waals surface area contributed by atoms with Crippen molar-refractivity contribution in [3.05, 3.63) is 15.3 Å². The molecule has 5 heteroatoms. The third kappa shape index (κ3) is 4160. The molecule has 4 nitrogen and oxygen atoms in total. The Bertz CT molecular complexity index is 33.8. The van der Waals surface area contributed by atoms with Crippen molar-refractivity contribution in [3.63, 3.8) is 0 Å². The van der Waals surface area contributed by atoms with Crippen LogP contribution >= 0.6 is 0 Å². The summed E-state index contributed by atoms with van der Waals surface area (Å²) in [6.07, 6.45) is 0. The minimum atomic E-state index is -1.75. The molecular weight excluding hydrogens is 259 g/mol. The Hall–Kier alpha value is -0.0597. The topological polar surface area (TPSA) is 66.2 Å². The Kier molecular flexibility index (Phi) is 6.99. The van der Waals surface area contributed by atoms with E-state index in [0.29, 0.717) is 0 Å². The summed E-state index contributed by atoms with van der Waals surface area (Å²) in [5.74, 6) is 0. The van der Waals surface area contributed by atoms with Crippen LogP contribution in [-0.4, -0.2) is 5.09 Å². The van der Waals surface area contributed by atoms with Crippen LogP contribution in [0.1, 0.15) is 1.43 Å². The summed E-state index contributed by atoms with van der Waals surface area (Å²) >= 11 is 0. The number of rotatable bonds is 0. The first kappa shape index (κ1) is 8.87. The van der Waals surface area contributed by atoms with Gasteiger partial charge < -0.3 is 15.3 Å². The Morgan fingerprint density at radius 3 is 1.60 bits per heavy atom. The minimum absolute atomic E-state index is 0. The zero-order valence-electron chi connectivity index (χ0n) is 2.97. The normalized spacial score (nSPS) is 4.80. The van der Waals surface area contributed by atoms with Crippen molar-refractivity contribution in [2.45, 2.75) is 0 Å². The fourth-order valence-electron chi connectivity index (χ4n) is 0. The van der Waals surface area contributed by atoms with Crippen molar-refractivity contribution in [3.8, 4) is 0 Å². The molecule has 0 fully saturated rings. The van der Waals surface area contributed by atoms with E-state index in [9.17, 15) is 0 Å². The summed E-state index contributed by atoms with van der Waals surface area (Å²) < 4.78 is 0. The fourth-order valence-corrected chi connectivity index (χ4v) is 0. The number of hydrogen-bond acceptors (Lipinski definition) is 3. The van der Waals surface area contributed by atoms with E-state index in [4.69, 9.17) is 15.3 Å². The molecule has 0 aliphatic carbocycles. The molecule has 0 amide bonds. The molecule has 5 heavy (non-hydrogen) atoms. The second-order valence-corrected chi connectivity index (χ2v) is 0.224. The molecule has 0 bridgehead atoms. The molecule has 0 rings (SSSR count). The average molecular weight is 260 g/mol. The van der Waals surface area contributed by atoms with Gasteiger partial charge in [-0.05, 0) is 0 Å². The number of nitrogens with zero attached hydrogens (tertiary/aromatic N) is 1. The van der Waals surface area contributed by atoms with Crippen LogP contribution in [0, 0.1) is 15.3 Å². The Morgan fingerprint density at radius 2 is 1.60 bits per heavy atom. The molecule has 0 unspecified atom stereocenters. The largest absolute Gasteiger partial charge is 1.00 e. The van der Waals surface area contributed by atoms with Crippen molar-refractivity contribution >= 4 is 0 Å². The summed E-state index contributed by atoms with van der Waals surface area (Å²) in [4.78, 5) is 8.25. The van der Waals surface area contributed by atoms with Crippen molar-refractivity contribution in [2.24, 2.45) is 0 Å². The Morgan fingerprint density at radius 1 is 1.60 bits per heavy atom. The van der Waals surface area contributed by atoms with Crippen molar-refractivity contribution in [2.75, 3.05) is 0 Å². The molecule has 0 aromatic heterocycles. The van der Waals surface area contributed by atoms with Crippen LogP contribution in [0.15, 0.2) is 0 Å². The van der Waals surface area contributed by atoms with E-state index in [0.717, 1.165) is 0 Å². The van der Waals surface area contributed by atoms with Crippen molar-refractivity contribution < 1.29 is 28.9 Å². The zero-order chi connectivity index (χ0) is 3.58. The van der Waals surface area contributed by atoms with Crippen LogP contribution in [0.3, 0.4) is 0 Å². The van der Waals surface area contributed by atoms with Crippen LogP contribution in [0.25, 0.3) is 0 Å². The van der Waals surface area contributed by atoms with Gasteiger partial charge >= 0.3 is 1.43 Å². The molecule has 0 saturated carbocycles. The van der Waals surface area contributed by atoms with Crippen LogP contribution in [0.2, 0.25) is 0 Å². The first-order valence-electron chi connectivity index (χ1n) is 0.548. The van der Waals surface area contributed by atoms with Gasteiger partial charge in [0.2, 0.25) is 0 Å². The predicted octanol–water partition coefficient (Wildman–Crippen LogP) is -0.129. The van der Waals surface area contributed by atoms with Gasteiger partial charge in [0.1, 0.15) is 0 Å². The van der Waals surface area contributed by atoms with E-state index in [1.54, 1.807) is 0 Å². The Balaban J connectivity index is -0.0000000450. The van der Waals surface area contributed by atoms with Gasteiger partial charge in [-0.1, -0.05) is 0 Å². The quantitative estimate of drug-likeness (QED) is 0.346. The van der Waals surface area contributed by atoms with E-state index in [-0.39, 0.29) is 23.8 Å². The van der Waals surface area contributed by atoms with Crippen LogP contribution < -0.4 is 0 Å². The molecule has 35 valence electrons. The van der Waals surface area contributed by atoms with E-state index >= 15 is 0 Å². The SMILES string of the molecule is O=[N+]([O-])[O-].[Au].[H+]. The zero-order valence-corrected chi connectivity index (χ0v) is 4.14. The van der Waals surface area contributed by atoms with Gasteiger partial charge in [-0.15, -0.1) is 0 Å². The standard InChI is InChI=1S/Au.NO3/c;2-1(3)4/q;-1/p+1. The summed E-state index contributed by atoms with van der Waals surface area (Å²) in [7, 11) is 0. The van der Waals surface area contributed by atoms with Crippen molar-refractivity contribution in [1.82, 2.24) is 0 Å². The fraction of sp³-hybridized carbons (Fsp3) is 0.